The molecule has 0 aromatic carbocycles. The van der Waals surface area contributed by atoms with Gasteiger partial charge in [0.15, 0.2) is 0 Å². The number of esters is 1. The SMILES string of the molecule is CCOC(=O)C1=C2SC(C)=C(C)N2CCS1. The molecule has 2 aliphatic rings. The van der Waals surface area contributed by atoms with Crippen molar-refractivity contribution < 1.29 is 9.53 Å². The molecule has 0 radical (unpaired) electrons. The van der Waals surface area contributed by atoms with Gasteiger partial charge >= 0.3 is 5.97 Å². The van der Waals surface area contributed by atoms with Gasteiger partial charge in [-0.1, -0.05) is 11.8 Å². The van der Waals surface area contributed by atoms with E-state index in [9.17, 15) is 4.79 Å². The Balaban J connectivity index is 2.29. The molecule has 0 spiro atoms. The average molecular weight is 257 g/mol. The molecule has 2 rings (SSSR count). The average Bonchev–Trinajstić information content (AvgIpc) is 2.55. The van der Waals surface area contributed by atoms with Crippen LogP contribution in [0.5, 0.6) is 0 Å². The second-order valence-corrected chi connectivity index (χ2v) is 5.91. The van der Waals surface area contributed by atoms with Crippen molar-refractivity contribution >= 4 is 29.5 Å². The van der Waals surface area contributed by atoms with Gasteiger partial charge in [-0.05, 0) is 20.8 Å². The Bertz CT molecular complexity index is 387. The smallest absolute Gasteiger partial charge is 0.347 e. The van der Waals surface area contributed by atoms with Crippen LogP contribution in [0.25, 0.3) is 0 Å². The Morgan fingerprint density at radius 2 is 2.25 bits per heavy atom. The summed E-state index contributed by atoms with van der Waals surface area (Å²) in [5.41, 5.74) is 1.27. The highest BCUT2D eigenvalue weighted by molar-refractivity contribution is 8.09. The van der Waals surface area contributed by atoms with Crippen molar-refractivity contribution in [1.29, 1.82) is 0 Å². The van der Waals surface area contributed by atoms with E-state index in [1.807, 2.05) is 6.92 Å². The number of carbonyl (C=O) groups excluding carboxylic acids is 1. The molecular formula is C11H15NO2S2. The number of thioether (sulfide) groups is 2. The molecule has 2 heterocycles. The minimum Gasteiger partial charge on any atom is -0.462 e. The monoisotopic (exact) mass is 257 g/mol. The van der Waals surface area contributed by atoms with E-state index in [0.29, 0.717) is 6.61 Å². The fourth-order valence-corrected chi connectivity index (χ4v) is 3.95. The van der Waals surface area contributed by atoms with Crippen LogP contribution in [0.2, 0.25) is 0 Å². The molecule has 3 nitrogen and oxygen atoms in total. The van der Waals surface area contributed by atoms with E-state index in [0.717, 1.165) is 22.2 Å². The number of hydrogen-bond donors (Lipinski definition) is 0. The molecule has 2 aliphatic heterocycles. The van der Waals surface area contributed by atoms with Gasteiger partial charge in [-0.3, -0.25) is 0 Å². The van der Waals surface area contributed by atoms with E-state index >= 15 is 0 Å². The summed E-state index contributed by atoms with van der Waals surface area (Å²) in [5.74, 6) is 0.769. The summed E-state index contributed by atoms with van der Waals surface area (Å²) in [7, 11) is 0. The summed E-state index contributed by atoms with van der Waals surface area (Å²) in [4.78, 5) is 16.1. The Morgan fingerprint density at radius 1 is 1.50 bits per heavy atom. The van der Waals surface area contributed by atoms with Crippen LogP contribution in [0.3, 0.4) is 0 Å². The van der Waals surface area contributed by atoms with Gasteiger partial charge in [-0.15, -0.1) is 11.8 Å². The number of fused-ring (bicyclic) bond motifs is 1. The maximum Gasteiger partial charge on any atom is 0.347 e. The zero-order chi connectivity index (χ0) is 11.7. The van der Waals surface area contributed by atoms with Crippen molar-refractivity contribution in [2.75, 3.05) is 18.9 Å². The highest BCUT2D eigenvalue weighted by atomic mass is 32.2. The van der Waals surface area contributed by atoms with Gasteiger partial charge < -0.3 is 9.64 Å². The topological polar surface area (TPSA) is 29.5 Å². The van der Waals surface area contributed by atoms with Crippen molar-refractivity contribution in [3.63, 3.8) is 0 Å². The fourth-order valence-electron chi connectivity index (χ4n) is 1.70. The number of rotatable bonds is 2. The first kappa shape index (κ1) is 11.9. The largest absolute Gasteiger partial charge is 0.462 e. The highest BCUT2D eigenvalue weighted by Crippen LogP contribution is 2.47. The molecule has 0 bridgehead atoms. The molecule has 0 fully saturated rings. The Labute approximate surface area is 104 Å². The molecule has 0 amide bonds. The van der Waals surface area contributed by atoms with Crippen molar-refractivity contribution in [3.05, 3.63) is 20.5 Å². The fraction of sp³-hybridized carbons (Fsp3) is 0.545. The lowest BCUT2D eigenvalue weighted by Crippen LogP contribution is -2.26. The van der Waals surface area contributed by atoms with E-state index in [-0.39, 0.29) is 5.97 Å². The van der Waals surface area contributed by atoms with Gasteiger partial charge in [0.25, 0.3) is 0 Å². The Kier molecular flexibility index (Phi) is 3.54. The zero-order valence-corrected chi connectivity index (χ0v) is 11.3. The van der Waals surface area contributed by atoms with Crippen molar-refractivity contribution in [3.8, 4) is 0 Å². The summed E-state index contributed by atoms with van der Waals surface area (Å²) < 4.78 is 5.08. The molecule has 0 unspecified atom stereocenters. The minimum absolute atomic E-state index is 0.179. The van der Waals surface area contributed by atoms with Crippen LogP contribution in [-0.2, 0) is 9.53 Å². The van der Waals surface area contributed by atoms with Crippen molar-refractivity contribution in [2.45, 2.75) is 20.8 Å². The summed E-state index contributed by atoms with van der Waals surface area (Å²) in [5, 5.41) is 1.06. The van der Waals surface area contributed by atoms with Gasteiger partial charge in [0.2, 0.25) is 0 Å². The van der Waals surface area contributed by atoms with Gasteiger partial charge in [-0.2, -0.15) is 0 Å². The van der Waals surface area contributed by atoms with Crippen LogP contribution in [-0.4, -0.2) is 29.8 Å². The number of ether oxygens (including phenoxy) is 1. The van der Waals surface area contributed by atoms with Gasteiger partial charge in [0, 0.05) is 22.9 Å². The van der Waals surface area contributed by atoms with E-state index in [4.69, 9.17) is 4.74 Å². The number of hydrogen-bond acceptors (Lipinski definition) is 5. The molecule has 16 heavy (non-hydrogen) atoms. The molecule has 0 atom stereocenters. The quantitative estimate of drug-likeness (QED) is 0.710. The lowest BCUT2D eigenvalue weighted by molar-refractivity contribution is -0.137. The normalized spacial score (nSPS) is 20.3. The third kappa shape index (κ3) is 1.98. The summed E-state index contributed by atoms with van der Waals surface area (Å²) in [6.45, 7) is 7.46. The summed E-state index contributed by atoms with van der Waals surface area (Å²) >= 11 is 3.29. The number of allylic oxidation sites excluding steroid dienone is 2. The first-order chi connectivity index (χ1) is 7.65. The van der Waals surface area contributed by atoms with Gasteiger partial charge in [0.1, 0.15) is 9.93 Å². The number of nitrogens with zero attached hydrogens (tertiary/aromatic N) is 1. The molecule has 0 aromatic rings. The second kappa shape index (κ2) is 4.75. The summed E-state index contributed by atoms with van der Waals surface area (Å²) in [6, 6.07) is 0. The van der Waals surface area contributed by atoms with Crippen LogP contribution in [0.4, 0.5) is 0 Å². The van der Waals surface area contributed by atoms with E-state index < -0.39 is 0 Å². The van der Waals surface area contributed by atoms with E-state index in [1.54, 1.807) is 23.5 Å². The predicted molar refractivity (Wildman–Crippen MR) is 68.8 cm³/mol. The molecule has 0 aliphatic carbocycles. The molecule has 88 valence electrons. The van der Waals surface area contributed by atoms with Gasteiger partial charge in [0.05, 0.1) is 6.61 Å². The molecule has 0 saturated heterocycles. The predicted octanol–water partition coefficient (Wildman–Crippen LogP) is 2.77. The van der Waals surface area contributed by atoms with Gasteiger partial charge in [-0.25, -0.2) is 4.79 Å². The first-order valence-corrected chi connectivity index (χ1v) is 7.12. The highest BCUT2D eigenvalue weighted by Gasteiger charge is 2.32. The Morgan fingerprint density at radius 3 is 2.94 bits per heavy atom. The van der Waals surface area contributed by atoms with Crippen LogP contribution >= 0.6 is 23.5 Å². The van der Waals surface area contributed by atoms with E-state index in [1.165, 1.54) is 10.6 Å². The lowest BCUT2D eigenvalue weighted by atomic mass is 10.4. The van der Waals surface area contributed by atoms with Crippen molar-refractivity contribution in [1.82, 2.24) is 4.90 Å². The second-order valence-electron chi connectivity index (χ2n) is 3.60. The molecule has 5 heteroatoms. The zero-order valence-electron chi connectivity index (χ0n) is 9.70. The van der Waals surface area contributed by atoms with Crippen molar-refractivity contribution in [2.24, 2.45) is 0 Å². The molecule has 0 saturated carbocycles. The maximum absolute atomic E-state index is 11.8. The summed E-state index contributed by atoms with van der Waals surface area (Å²) in [6.07, 6.45) is 0. The molecule has 0 aromatic heterocycles. The third-order valence-corrected chi connectivity index (χ3v) is 5.01. The number of carbonyl (C=O) groups is 1. The lowest BCUT2D eigenvalue weighted by Gasteiger charge is -2.27. The minimum atomic E-state index is -0.179. The van der Waals surface area contributed by atoms with Crippen LogP contribution in [0.15, 0.2) is 20.5 Å². The third-order valence-electron chi connectivity index (χ3n) is 2.63. The Hall–Kier alpha value is -0.550. The molecular weight excluding hydrogens is 242 g/mol. The van der Waals surface area contributed by atoms with Crippen LogP contribution < -0.4 is 0 Å². The van der Waals surface area contributed by atoms with Crippen LogP contribution in [0, 0.1) is 0 Å². The first-order valence-electron chi connectivity index (χ1n) is 5.32. The standard InChI is InChI=1S/C11H15NO2S2/c1-4-14-11(13)9-10-12(5-6-15-9)7(2)8(3)16-10/h4-6H2,1-3H3. The van der Waals surface area contributed by atoms with Crippen LogP contribution in [0.1, 0.15) is 20.8 Å². The molecule has 0 N–H and O–H groups in total. The maximum atomic E-state index is 11.8. The van der Waals surface area contributed by atoms with E-state index in [2.05, 4.69) is 18.7 Å².